The molecule has 1 heterocycles. The van der Waals surface area contributed by atoms with Crippen molar-refractivity contribution in [2.75, 3.05) is 5.32 Å². The number of halogens is 2. The number of nitrogens with zero attached hydrogens (tertiary/aromatic N) is 1. The molecule has 5 heteroatoms. The number of rotatable bonds is 2. The van der Waals surface area contributed by atoms with E-state index in [1.807, 2.05) is 0 Å². The molecule has 70 valence electrons. The van der Waals surface area contributed by atoms with E-state index < -0.39 is 5.38 Å². The van der Waals surface area contributed by atoms with Gasteiger partial charge in [0.05, 0.1) is 5.69 Å². The van der Waals surface area contributed by atoms with Crippen molar-refractivity contribution in [2.24, 2.45) is 0 Å². The van der Waals surface area contributed by atoms with Crippen molar-refractivity contribution in [1.29, 1.82) is 0 Å². The SMILES string of the molecule is C[C@H](Cl)C(=O)Nc1cccnc1Cl. The highest BCUT2D eigenvalue weighted by molar-refractivity contribution is 6.34. The minimum atomic E-state index is -0.587. The summed E-state index contributed by atoms with van der Waals surface area (Å²) in [5.41, 5.74) is 0.474. The van der Waals surface area contributed by atoms with E-state index in [2.05, 4.69) is 10.3 Å². The van der Waals surface area contributed by atoms with E-state index in [9.17, 15) is 4.79 Å². The van der Waals surface area contributed by atoms with Crippen molar-refractivity contribution in [3.05, 3.63) is 23.5 Å². The number of amides is 1. The van der Waals surface area contributed by atoms with Crippen LogP contribution in [0.1, 0.15) is 6.92 Å². The molecule has 1 atom stereocenters. The van der Waals surface area contributed by atoms with Crippen LogP contribution in [0.4, 0.5) is 5.69 Å². The zero-order chi connectivity index (χ0) is 9.84. The number of anilines is 1. The molecule has 0 spiro atoms. The van der Waals surface area contributed by atoms with Gasteiger partial charge in [-0.1, -0.05) is 11.6 Å². The first-order valence-electron chi connectivity index (χ1n) is 3.66. The molecule has 0 saturated carbocycles. The Morgan fingerprint density at radius 3 is 2.92 bits per heavy atom. The van der Waals surface area contributed by atoms with Gasteiger partial charge in [-0.2, -0.15) is 0 Å². The fraction of sp³-hybridized carbons (Fsp3) is 0.250. The molecule has 13 heavy (non-hydrogen) atoms. The number of hydrogen-bond donors (Lipinski definition) is 1. The van der Waals surface area contributed by atoms with Gasteiger partial charge in [0.1, 0.15) is 5.38 Å². The summed E-state index contributed by atoms with van der Waals surface area (Å²) in [4.78, 5) is 14.9. The molecule has 3 nitrogen and oxygen atoms in total. The van der Waals surface area contributed by atoms with Crippen molar-refractivity contribution >= 4 is 34.8 Å². The molecule has 1 aromatic rings. The van der Waals surface area contributed by atoms with Gasteiger partial charge in [-0.3, -0.25) is 4.79 Å². The molecule has 1 N–H and O–H groups in total. The molecule has 0 fully saturated rings. The van der Waals surface area contributed by atoms with E-state index in [-0.39, 0.29) is 11.1 Å². The minimum absolute atomic E-state index is 0.258. The van der Waals surface area contributed by atoms with E-state index >= 15 is 0 Å². The molecule has 0 aliphatic rings. The number of aromatic nitrogens is 1. The van der Waals surface area contributed by atoms with Crippen LogP contribution in [0.15, 0.2) is 18.3 Å². The molecule has 1 aromatic heterocycles. The number of carbonyl (C=O) groups is 1. The summed E-state index contributed by atoms with van der Waals surface area (Å²) in [6.07, 6.45) is 1.54. The Balaban J connectivity index is 2.75. The molecular weight excluding hydrogens is 211 g/mol. The first-order valence-corrected chi connectivity index (χ1v) is 4.48. The molecule has 0 unspecified atom stereocenters. The summed E-state index contributed by atoms with van der Waals surface area (Å²) in [7, 11) is 0. The molecule has 1 amide bonds. The van der Waals surface area contributed by atoms with E-state index in [1.54, 1.807) is 25.3 Å². The summed E-state index contributed by atoms with van der Waals surface area (Å²) >= 11 is 11.3. The van der Waals surface area contributed by atoms with Crippen molar-refractivity contribution < 1.29 is 4.79 Å². The second kappa shape index (κ2) is 4.44. The lowest BCUT2D eigenvalue weighted by atomic mass is 10.4. The molecular formula is C8H8Cl2N2O. The van der Waals surface area contributed by atoms with Gasteiger partial charge in [-0.05, 0) is 19.1 Å². The Morgan fingerprint density at radius 1 is 1.69 bits per heavy atom. The lowest BCUT2D eigenvalue weighted by Crippen LogP contribution is -2.20. The largest absolute Gasteiger partial charge is 0.322 e. The van der Waals surface area contributed by atoms with Gasteiger partial charge in [0.25, 0.3) is 0 Å². The second-order valence-electron chi connectivity index (χ2n) is 2.45. The third-order valence-electron chi connectivity index (χ3n) is 1.38. The first-order chi connectivity index (χ1) is 6.11. The lowest BCUT2D eigenvalue weighted by molar-refractivity contribution is -0.115. The molecule has 1 rings (SSSR count). The van der Waals surface area contributed by atoms with Gasteiger partial charge in [0.15, 0.2) is 5.15 Å². The first kappa shape index (κ1) is 10.3. The van der Waals surface area contributed by atoms with Crippen LogP contribution < -0.4 is 5.32 Å². The minimum Gasteiger partial charge on any atom is -0.322 e. The Labute approximate surface area is 86.1 Å². The van der Waals surface area contributed by atoms with Gasteiger partial charge in [0, 0.05) is 6.20 Å². The standard InChI is InChI=1S/C8H8Cl2N2O/c1-5(9)8(13)12-6-3-2-4-11-7(6)10/h2-5H,1H3,(H,12,13)/t5-/m0/s1. The Kier molecular flexibility index (Phi) is 3.51. The van der Waals surface area contributed by atoms with Gasteiger partial charge in [0.2, 0.25) is 5.91 Å². The fourth-order valence-electron chi connectivity index (χ4n) is 0.711. The van der Waals surface area contributed by atoms with Crippen molar-refractivity contribution in [2.45, 2.75) is 12.3 Å². The van der Waals surface area contributed by atoms with E-state index in [1.165, 1.54) is 0 Å². The third kappa shape index (κ3) is 2.86. The van der Waals surface area contributed by atoms with Crippen molar-refractivity contribution in [1.82, 2.24) is 4.98 Å². The number of alkyl halides is 1. The summed E-state index contributed by atoms with van der Waals surface area (Å²) in [5, 5.41) is 2.22. The monoisotopic (exact) mass is 218 g/mol. The van der Waals surface area contributed by atoms with Gasteiger partial charge < -0.3 is 5.32 Å². The van der Waals surface area contributed by atoms with Crippen LogP contribution in [-0.2, 0) is 4.79 Å². The van der Waals surface area contributed by atoms with Crippen molar-refractivity contribution in [3.8, 4) is 0 Å². The van der Waals surface area contributed by atoms with Crippen LogP contribution in [0.25, 0.3) is 0 Å². The molecule has 0 aliphatic carbocycles. The highest BCUT2D eigenvalue weighted by atomic mass is 35.5. The summed E-state index contributed by atoms with van der Waals surface area (Å²) in [5.74, 6) is -0.295. The normalized spacial score (nSPS) is 12.2. The Hall–Kier alpha value is -0.800. The Bertz CT molecular complexity index is 315. The lowest BCUT2D eigenvalue weighted by Gasteiger charge is -2.06. The van der Waals surface area contributed by atoms with Gasteiger partial charge in [-0.25, -0.2) is 4.98 Å². The summed E-state index contributed by atoms with van der Waals surface area (Å²) < 4.78 is 0. The second-order valence-corrected chi connectivity index (χ2v) is 3.46. The van der Waals surface area contributed by atoms with Crippen LogP contribution in [0.2, 0.25) is 5.15 Å². The average molecular weight is 219 g/mol. The number of nitrogens with one attached hydrogen (secondary N) is 1. The Morgan fingerprint density at radius 2 is 2.38 bits per heavy atom. The third-order valence-corrected chi connectivity index (χ3v) is 1.88. The zero-order valence-electron chi connectivity index (χ0n) is 6.92. The van der Waals surface area contributed by atoms with Crippen LogP contribution in [-0.4, -0.2) is 16.3 Å². The van der Waals surface area contributed by atoms with E-state index in [4.69, 9.17) is 23.2 Å². The smallest absolute Gasteiger partial charge is 0.242 e. The van der Waals surface area contributed by atoms with E-state index in [0.29, 0.717) is 5.69 Å². The molecule has 0 bridgehead atoms. The predicted molar refractivity (Wildman–Crippen MR) is 53.2 cm³/mol. The molecule has 0 radical (unpaired) electrons. The maximum absolute atomic E-state index is 11.1. The number of pyridine rings is 1. The topological polar surface area (TPSA) is 42.0 Å². The average Bonchev–Trinajstić information content (AvgIpc) is 2.08. The number of carbonyl (C=O) groups excluding carboxylic acids is 1. The fourth-order valence-corrected chi connectivity index (χ4v) is 0.933. The quantitative estimate of drug-likeness (QED) is 0.612. The van der Waals surface area contributed by atoms with Crippen LogP contribution >= 0.6 is 23.2 Å². The molecule has 0 aliphatic heterocycles. The predicted octanol–water partition coefficient (Wildman–Crippen LogP) is 2.30. The highest BCUT2D eigenvalue weighted by Gasteiger charge is 2.10. The van der Waals surface area contributed by atoms with Crippen LogP contribution in [0.3, 0.4) is 0 Å². The maximum Gasteiger partial charge on any atom is 0.242 e. The van der Waals surface area contributed by atoms with E-state index in [0.717, 1.165) is 0 Å². The summed E-state index contributed by atoms with van der Waals surface area (Å²) in [6, 6.07) is 3.34. The molecule has 0 saturated heterocycles. The highest BCUT2D eigenvalue weighted by Crippen LogP contribution is 2.17. The maximum atomic E-state index is 11.1. The number of hydrogen-bond acceptors (Lipinski definition) is 2. The van der Waals surface area contributed by atoms with Crippen LogP contribution in [0.5, 0.6) is 0 Å². The zero-order valence-corrected chi connectivity index (χ0v) is 8.43. The summed E-state index contributed by atoms with van der Waals surface area (Å²) in [6.45, 7) is 1.58. The van der Waals surface area contributed by atoms with Gasteiger partial charge in [-0.15, -0.1) is 11.6 Å². The van der Waals surface area contributed by atoms with Crippen molar-refractivity contribution in [3.63, 3.8) is 0 Å². The van der Waals surface area contributed by atoms with Crippen LogP contribution in [0, 0.1) is 0 Å². The van der Waals surface area contributed by atoms with Gasteiger partial charge >= 0.3 is 0 Å². The molecule has 0 aromatic carbocycles.